The number of nitrogen functional groups attached to an aromatic ring is 1. The van der Waals surface area contributed by atoms with E-state index in [0.29, 0.717) is 16.9 Å². The molecule has 0 unspecified atom stereocenters. The summed E-state index contributed by atoms with van der Waals surface area (Å²) in [6, 6.07) is 11.7. The van der Waals surface area contributed by atoms with Gasteiger partial charge in [0.2, 0.25) is 0 Å². The van der Waals surface area contributed by atoms with E-state index in [1.807, 2.05) is 6.92 Å². The first-order chi connectivity index (χ1) is 9.49. The second-order valence-electron chi connectivity index (χ2n) is 4.44. The van der Waals surface area contributed by atoms with E-state index >= 15 is 0 Å². The van der Waals surface area contributed by atoms with Gasteiger partial charge >= 0.3 is 0 Å². The van der Waals surface area contributed by atoms with Crippen LogP contribution in [0.2, 0.25) is 0 Å². The molecule has 0 saturated carbocycles. The van der Waals surface area contributed by atoms with E-state index in [-0.39, 0.29) is 11.5 Å². The summed E-state index contributed by atoms with van der Waals surface area (Å²) in [5.41, 5.74) is 13.4. The fourth-order valence-electron chi connectivity index (χ4n) is 1.88. The highest BCUT2D eigenvalue weighted by Gasteiger charge is 2.13. The maximum Gasteiger partial charge on any atom is 0.256 e. The number of aryl methyl sites for hydroxylation is 1. The molecule has 20 heavy (non-hydrogen) atoms. The molecule has 0 aliphatic rings. The summed E-state index contributed by atoms with van der Waals surface area (Å²) in [5.74, 6) is -0.923. The Hall–Kier alpha value is -2.82. The van der Waals surface area contributed by atoms with Crippen molar-refractivity contribution in [3.8, 4) is 0 Å². The topological polar surface area (TPSA) is 98.2 Å². The molecule has 0 spiro atoms. The summed E-state index contributed by atoms with van der Waals surface area (Å²) in [4.78, 5) is 23.6. The molecule has 0 heterocycles. The molecular weight excluding hydrogens is 254 g/mol. The molecule has 0 atom stereocenters. The number of primary amides is 1. The zero-order valence-electron chi connectivity index (χ0n) is 11.0. The van der Waals surface area contributed by atoms with E-state index in [1.54, 1.807) is 42.5 Å². The van der Waals surface area contributed by atoms with Gasteiger partial charge in [-0.3, -0.25) is 9.59 Å². The van der Waals surface area contributed by atoms with Crippen molar-refractivity contribution in [2.24, 2.45) is 5.73 Å². The van der Waals surface area contributed by atoms with Crippen LogP contribution in [0, 0.1) is 6.92 Å². The Labute approximate surface area is 116 Å². The lowest BCUT2D eigenvalue weighted by Gasteiger charge is -2.10. The number of anilines is 2. The van der Waals surface area contributed by atoms with Gasteiger partial charge in [-0.25, -0.2) is 0 Å². The number of hydrogen-bond acceptors (Lipinski definition) is 3. The molecule has 0 aliphatic heterocycles. The number of amides is 2. The van der Waals surface area contributed by atoms with E-state index in [1.165, 1.54) is 0 Å². The summed E-state index contributed by atoms with van der Waals surface area (Å²) < 4.78 is 0. The molecule has 0 saturated heterocycles. The van der Waals surface area contributed by atoms with Crippen molar-refractivity contribution < 1.29 is 9.59 Å². The smallest absolute Gasteiger partial charge is 0.256 e. The van der Waals surface area contributed by atoms with Crippen LogP contribution in [0.5, 0.6) is 0 Å². The van der Waals surface area contributed by atoms with Crippen LogP contribution in [0.15, 0.2) is 42.5 Å². The highest BCUT2D eigenvalue weighted by Crippen LogP contribution is 2.18. The molecule has 0 aromatic heterocycles. The van der Waals surface area contributed by atoms with Gasteiger partial charge in [0, 0.05) is 11.3 Å². The molecule has 2 amide bonds. The summed E-state index contributed by atoms with van der Waals surface area (Å²) in [6.45, 7) is 1.81. The number of rotatable bonds is 3. The van der Waals surface area contributed by atoms with Crippen LogP contribution >= 0.6 is 0 Å². The minimum Gasteiger partial charge on any atom is -0.399 e. The van der Waals surface area contributed by atoms with E-state index < -0.39 is 5.91 Å². The number of nitrogens with one attached hydrogen (secondary N) is 1. The second kappa shape index (κ2) is 5.44. The van der Waals surface area contributed by atoms with Crippen molar-refractivity contribution in [2.75, 3.05) is 11.1 Å². The van der Waals surface area contributed by atoms with Crippen LogP contribution in [0.25, 0.3) is 0 Å². The van der Waals surface area contributed by atoms with Crippen LogP contribution in [-0.2, 0) is 0 Å². The molecule has 0 aliphatic carbocycles. The quantitative estimate of drug-likeness (QED) is 0.742. The summed E-state index contributed by atoms with van der Waals surface area (Å²) in [5, 5.41) is 2.68. The summed E-state index contributed by atoms with van der Waals surface area (Å²) in [7, 11) is 0. The van der Waals surface area contributed by atoms with Crippen molar-refractivity contribution in [1.29, 1.82) is 0 Å². The predicted octanol–water partition coefficient (Wildman–Crippen LogP) is 1.93. The van der Waals surface area contributed by atoms with E-state index in [0.717, 1.165) is 5.56 Å². The van der Waals surface area contributed by atoms with Gasteiger partial charge in [0.05, 0.1) is 11.3 Å². The van der Waals surface area contributed by atoms with E-state index in [9.17, 15) is 9.59 Å². The highest BCUT2D eigenvalue weighted by molar-refractivity contribution is 6.09. The zero-order chi connectivity index (χ0) is 14.7. The number of nitrogens with two attached hydrogens (primary N) is 2. The van der Waals surface area contributed by atoms with Crippen molar-refractivity contribution >= 4 is 23.2 Å². The Morgan fingerprint density at radius 2 is 1.75 bits per heavy atom. The first-order valence-corrected chi connectivity index (χ1v) is 6.05. The number of para-hydroxylation sites is 1. The second-order valence-corrected chi connectivity index (χ2v) is 4.44. The minimum atomic E-state index is -0.592. The highest BCUT2D eigenvalue weighted by atomic mass is 16.2. The summed E-state index contributed by atoms with van der Waals surface area (Å²) in [6.07, 6.45) is 0. The van der Waals surface area contributed by atoms with Gasteiger partial charge < -0.3 is 16.8 Å². The monoisotopic (exact) mass is 269 g/mol. The number of carbonyl (C=O) groups excluding carboxylic acids is 2. The Kier molecular flexibility index (Phi) is 3.70. The molecule has 0 fully saturated rings. The van der Waals surface area contributed by atoms with Crippen LogP contribution in [-0.4, -0.2) is 11.8 Å². The third-order valence-corrected chi connectivity index (χ3v) is 2.95. The first-order valence-electron chi connectivity index (χ1n) is 6.05. The Balaban J connectivity index is 2.33. The average molecular weight is 269 g/mol. The third-order valence-electron chi connectivity index (χ3n) is 2.95. The van der Waals surface area contributed by atoms with Gasteiger partial charge in [0.15, 0.2) is 0 Å². The van der Waals surface area contributed by atoms with Crippen molar-refractivity contribution in [1.82, 2.24) is 0 Å². The predicted molar refractivity (Wildman–Crippen MR) is 78.5 cm³/mol. The largest absolute Gasteiger partial charge is 0.399 e. The molecule has 102 valence electrons. The van der Waals surface area contributed by atoms with Crippen molar-refractivity contribution in [3.05, 3.63) is 59.2 Å². The van der Waals surface area contributed by atoms with Crippen molar-refractivity contribution in [3.63, 3.8) is 0 Å². The average Bonchev–Trinajstić information content (AvgIpc) is 2.41. The van der Waals surface area contributed by atoms with E-state index in [2.05, 4.69) is 5.32 Å². The standard InChI is InChI=1S/C15H15N3O2/c1-9-6-7-10(16)8-12(9)15(20)18-13-5-3-2-4-11(13)14(17)19/h2-8H,16H2,1H3,(H2,17,19)(H,18,20). The number of hydrogen-bond donors (Lipinski definition) is 3. The third kappa shape index (κ3) is 2.77. The van der Waals surface area contributed by atoms with Crippen LogP contribution in [0.1, 0.15) is 26.3 Å². The van der Waals surface area contributed by atoms with Gasteiger partial charge in [-0.05, 0) is 36.8 Å². The Morgan fingerprint density at radius 3 is 2.45 bits per heavy atom. The normalized spacial score (nSPS) is 10.1. The Bertz CT molecular complexity index is 681. The lowest BCUT2D eigenvalue weighted by atomic mass is 10.1. The van der Waals surface area contributed by atoms with Gasteiger partial charge in [0.25, 0.3) is 11.8 Å². The molecule has 0 radical (unpaired) electrons. The molecule has 0 bridgehead atoms. The number of benzene rings is 2. The van der Waals surface area contributed by atoms with Gasteiger partial charge in [-0.1, -0.05) is 18.2 Å². The van der Waals surface area contributed by atoms with Crippen LogP contribution in [0.3, 0.4) is 0 Å². The van der Waals surface area contributed by atoms with E-state index in [4.69, 9.17) is 11.5 Å². The number of carbonyl (C=O) groups is 2. The Morgan fingerprint density at radius 1 is 1.05 bits per heavy atom. The molecule has 5 N–H and O–H groups in total. The molecular formula is C15H15N3O2. The maximum atomic E-state index is 12.2. The molecule has 2 rings (SSSR count). The molecule has 2 aromatic carbocycles. The molecule has 2 aromatic rings. The van der Waals surface area contributed by atoms with Crippen LogP contribution < -0.4 is 16.8 Å². The summed E-state index contributed by atoms with van der Waals surface area (Å²) >= 11 is 0. The fraction of sp³-hybridized carbons (Fsp3) is 0.0667. The van der Waals surface area contributed by atoms with Gasteiger partial charge in [-0.15, -0.1) is 0 Å². The SMILES string of the molecule is Cc1ccc(N)cc1C(=O)Nc1ccccc1C(N)=O. The van der Waals surface area contributed by atoms with Crippen LogP contribution in [0.4, 0.5) is 11.4 Å². The zero-order valence-corrected chi connectivity index (χ0v) is 11.0. The van der Waals surface area contributed by atoms with Crippen molar-refractivity contribution in [2.45, 2.75) is 6.92 Å². The lowest BCUT2D eigenvalue weighted by Crippen LogP contribution is -2.19. The maximum absolute atomic E-state index is 12.2. The lowest BCUT2D eigenvalue weighted by molar-refractivity contribution is 0.100. The van der Waals surface area contributed by atoms with Gasteiger partial charge in [0.1, 0.15) is 0 Å². The molecule has 5 heteroatoms. The first kappa shape index (κ1) is 13.6. The molecule has 5 nitrogen and oxygen atoms in total. The van der Waals surface area contributed by atoms with Gasteiger partial charge in [-0.2, -0.15) is 0 Å². The fourth-order valence-corrected chi connectivity index (χ4v) is 1.88. The minimum absolute atomic E-state index is 0.266.